The van der Waals surface area contributed by atoms with Gasteiger partial charge in [0.05, 0.1) is 5.69 Å². The van der Waals surface area contributed by atoms with Gasteiger partial charge in [-0.3, -0.25) is 0 Å². The largest absolute Gasteiger partial charge is 0.341 e. The Labute approximate surface area is 116 Å². The Morgan fingerprint density at radius 2 is 1.95 bits per heavy atom. The molecule has 1 aromatic heterocycles. The molecule has 1 unspecified atom stereocenters. The highest BCUT2D eigenvalue weighted by atomic mass is 15.3. The fourth-order valence-electron chi connectivity index (χ4n) is 3.56. The predicted molar refractivity (Wildman–Crippen MR) is 78.5 cm³/mol. The molecule has 1 saturated heterocycles. The minimum absolute atomic E-state index is 0.311. The van der Waals surface area contributed by atoms with Crippen LogP contribution in [-0.4, -0.2) is 28.7 Å². The van der Waals surface area contributed by atoms with E-state index in [1.54, 1.807) is 0 Å². The van der Waals surface area contributed by atoms with Gasteiger partial charge in [-0.25, -0.2) is 4.98 Å². The standard InChI is InChI=1S/C15H26N4/c1-12-10-19(14-7-3-2-4-8-14)15(17-12)18-9-5-6-13(16)11-18/h10,13-14H,2-9,11,16H2,1H3. The molecule has 0 spiro atoms. The molecule has 4 heteroatoms. The van der Waals surface area contributed by atoms with Gasteiger partial charge in [0.2, 0.25) is 5.95 Å². The summed E-state index contributed by atoms with van der Waals surface area (Å²) in [5, 5.41) is 0. The second-order valence-corrected chi connectivity index (χ2v) is 6.23. The summed E-state index contributed by atoms with van der Waals surface area (Å²) in [6.07, 6.45) is 11.3. The van der Waals surface area contributed by atoms with Gasteiger partial charge in [0.15, 0.2) is 0 Å². The lowest BCUT2D eigenvalue weighted by Crippen LogP contribution is -2.44. The lowest BCUT2D eigenvalue weighted by atomic mass is 9.95. The number of aromatic nitrogens is 2. The Morgan fingerprint density at radius 3 is 2.68 bits per heavy atom. The van der Waals surface area contributed by atoms with E-state index in [2.05, 4.69) is 22.6 Å². The number of aryl methyl sites for hydroxylation is 1. The summed E-state index contributed by atoms with van der Waals surface area (Å²) >= 11 is 0. The quantitative estimate of drug-likeness (QED) is 0.891. The summed E-state index contributed by atoms with van der Waals surface area (Å²) in [4.78, 5) is 7.18. The molecule has 3 rings (SSSR count). The zero-order valence-corrected chi connectivity index (χ0v) is 12.0. The van der Waals surface area contributed by atoms with E-state index in [9.17, 15) is 0 Å². The maximum Gasteiger partial charge on any atom is 0.206 e. The van der Waals surface area contributed by atoms with Gasteiger partial charge in [-0.15, -0.1) is 0 Å². The van der Waals surface area contributed by atoms with Crippen LogP contribution in [0.1, 0.15) is 56.7 Å². The number of hydrogen-bond donors (Lipinski definition) is 1. The molecule has 1 aliphatic carbocycles. The van der Waals surface area contributed by atoms with Crippen LogP contribution in [0, 0.1) is 6.92 Å². The average molecular weight is 262 g/mol. The van der Waals surface area contributed by atoms with E-state index in [-0.39, 0.29) is 0 Å². The van der Waals surface area contributed by atoms with Crippen molar-refractivity contribution in [2.75, 3.05) is 18.0 Å². The molecule has 1 aromatic rings. The van der Waals surface area contributed by atoms with Crippen LogP contribution in [0.25, 0.3) is 0 Å². The van der Waals surface area contributed by atoms with Gasteiger partial charge >= 0.3 is 0 Å². The highest BCUT2D eigenvalue weighted by Gasteiger charge is 2.25. The van der Waals surface area contributed by atoms with Gasteiger partial charge < -0.3 is 15.2 Å². The molecule has 1 aliphatic heterocycles. The van der Waals surface area contributed by atoms with Crippen LogP contribution in [0.4, 0.5) is 5.95 Å². The van der Waals surface area contributed by atoms with Crippen LogP contribution in [0.2, 0.25) is 0 Å². The lowest BCUT2D eigenvalue weighted by molar-refractivity contribution is 0.350. The number of hydrogen-bond acceptors (Lipinski definition) is 3. The van der Waals surface area contributed by atoms with E-state index in [1.165, 1.54) is 44.5 Å². The van der Waals surface area contributed by atoms with Crippen LogP contribution in [-0.2, 0) is 0 Å². The molecule has 0 aromatic carbocycles. The minimum Gasteiger partial charge on any atom is -0.341 e. The summed E-state index contributed by atoms with van der Waals surface area (Å²) in [6.45, 7) is 4.17. The normalized spacial score (nSPS) is 25.8. The molecular weight excluding hydrogens is 236 g/mol. The molecular formula is C15H26N4. The Morgan fingerprint density at radius 1 is 1.16 bits per heavy atom. The van der Waals surface area contributed by atoms with Crippen LogP contribution in [0.15, 0.2) is 6.20 Å². The van der Waals surface area contributed by atoms with E-state index >= 15 is 0 Å². The smallest absolute Gasteiger partial charge is 0.206 e. The zero-order chi connectivity index (χ0) is 13.2. The van der Waals surface area contributed by atoms with Gasteiger partial charge in [-0.2, -0.15) is 0 Å². The van der Waals surface area contributed by atoms with Crippen molar-refractivity contribution in [1.29, 1.82) is 0 Å². The molecule has 0 amide bonds. The molecule has 2 heterocycles. The van der Waals surface area contributed by atoms with E-state index in [4.69, 9.17) is 10.7 Å². The second-order valence-electron chi connectivity index (χ2n) is 6.23. The third-order valence-corrected chi connectivity index (χ3v) is 4.54. The van der Waals surface area contributed by atoms with E-state index in [0.717, 1.165) is 25.2 Å². The first-order valence-electron chi connectivity index (χ1n) is 7.80. The predicted octanol–water partition coefficient (Wildman–Crippen LogP) is 2.62. The fourth-order valence-corrected chi connectivity index (χ4v) is 3.56. The van der Waals surface area contributed by atoms with Gasteiger partial charge in [0, 0.05) is 31.4 Å². The SMILES string of the molecule is Cc1cn(C2CCCCC2)c(N2CCCC(N)C2)n1. The van der Waals surface area contributed by atoms with Crippen molar-refractivity contribution in [2.24, 2.45) is 5.73 Å². The van der Waals surface area contributed by atoms with Gasteiger partial charge in [0.25, 0.3) is 0 Å². The van der Waals surface area contributed by atoms with Gasteiger partial charge in [-0.1, -0.05) is 19.3 Å². The molecule has 106 valence electrons. The molecule has 2 aliphatic rings. The van der Waals surface area contributed by atoms with Crippen molar-refractivity contribution in [2.45, 2.75) is 64.0 Å². The molecule has 1 atom stereocenters. The first-order chi connectivity index (χ1) is 9.24. The average Bonchev–Trinajstić information content (AvgIpc) is 2.82. The third-order valence-electron chi connectivity index (χ3n) is 4.54. The summed E-state index contributed by atoms with van der Waals surface area (Å²) in [5.41, 5.74) is 7.26. The highest BCUT2D eigenvalue weighted by Crippen LogP contribution is 2.32. The number of anilines is 1. The van der Waals surface area contributed by atoms with E-state index in [0.29, 0.717) is 12.1 Å². The van der Waals surface area contributed by atoms with Crippen molar-refractivity contribution in [3.8, 4) is 0 Å². The maximum absolute atomic E-state index is 6.12. The maximum atomic E-state index is 6.12. The van der Waals surface area contributed by atoms with Crippen LogP contribution >= 0.6 is 0 Å². The fraction of sp³-hybridized carbons (Fsp3) is 0.800. The Hall–Kier alpha value is -1.03. The number of imidazole rings is 1. The van der Waals surface area contributed by atoms with Crippen molar-refractivity contribution in [3.05, 3.63) is 11.9 Å². The first kappa shape index (κ1) is 13.0. The van der Waals surface area contributed by atoms with Crippen LogP contribution in [0.3, 0.4) is 0 Å². The Balaban J connectivity index is 1.83. The zero-order valence-electron chi connectivity index (χ0n) is 12.0. The van der Waals surface area contributed by atoms with Crippen molar-refractivity contribution < 1.29 is 0 Å². The highest BCUT2D eigenvalue weighted by molar-refractivity contribution is 5.35. The molecule has 2 N–H and O–H groups in total. The van der Waals surface area contributed by atoms with Crippen molar-refractivity contribution >= 4 is 5.95 Å². The van der Waals surface area contributed by atoms with E-state index in [1.807, 2.05) is 0 Å². The number of rotatable bonds is 2. The Bertz CT molecular complexity index is 420. The second kappa shape index (κ2) is 5.53. The summed E-state index contributed by atoms with van der Waals surface area (Å²) in [6, 6.07) is 0.966. The van der Waals surface area contributed by atoms with Crippen LogP contribution in [0.5, 0.6) is 0 Å². The molecule has 0 bridgehead atoms. The summed E-state index contributed by atoms with van der Waals surface area (Å²) in [5.74, 6) is 1.17. The van der Waals surface area contributed by atoms with E-state index < -0.39 is 0 Å². The number of nitrogens with zero attached hydrogens (tertiary/aromatic N) is 3. The van der Waals surface area contributed by atoms with Gasteiger partial charge in [0.1, 0.15) is 0 Å². The number of piperidine rings is 1. The Kier molecular flexibility index (Phi) is 3.78. The topological polar surface area (TPSA) is 47.1 Å². The monoisotopic (exact) mass is 262 g/mol. The molecule has 2 fully saturated rings. The number of nitrogens with two attached hydrogens (primary N) is 1. The van der Waals surface area contributed by atoms with Gasteiger partial charge in [-0.05, 0) is 32.6 Å². The minimum atomic E-state index is 0.311. The van der Waals surface area contributed by atoms with Crippen molar-refractivity contribution in [3.63, 3.8) is 0 Å². The van der Waals surface area contributed by atoms with Crippen LogP contribution < -0.4 is 10.6 Å². The molecule has 19 heavy (non-hydrogen) atoms. The summed E-state index contributed by atoms with van der Waals surface area (Å²) in [7, 11) is 0. The molecule has 0 radical (unpaired) electrons. The van der Waals surface area contributed by atoms with Crippen molar-refractivity contribution in [1.82, 2.24) is 9.55 Å². The molecule has 4 nitrogen and oxygen atoms in total. The first-order valence-corrected chi connectivity index (χ1v) is 7.80. The molecule has 1 saturated carbocycles. The lowest BCUT2D eigenvalue weighted by Gasteiger charge is -2.34. The summed E-state index contributed by atoms with van der Waals surface area (Å²) < 4.78 is 2.44. The third kappa shape index (κ3) is 2.78.